The first-order chi connectivity index (χ1) is 8.99. The Morgan fingerprint density at radius 3 is 2.58 bits per heavy atom. The van der Waals surface area contributed by atoms with E-state index in [2.05, 4.69) is 17.0 Å². The molecule has 0 aromatic carbocycles. The number of nitrogens with zero attached hydrogens (tertiary/aromatic N) is 1. The monoisotopic (exact) mass is 305 g/mol. The molecule has 1 heterocycles. The van der Waals surface area contributed by atoms with Crippen LogP contribution in [-0.2, 0) is 23.2 Å². The normalized spacial score (nSPS) is 12.2. The molecule has 1 rings (SSSR count). The molecule has 0 aliphatic heterocycles. The lowest BCUT2D eigenvalue weighted by atomic mass is 10.4. The van der Waals surface area contributed by atoms with Crippen LogP contribution in [0.3, 0.4) is 0 Å². The third-order valence-corrected chi connectivity index (χ3v) is 5.55. The molecule has 1 aromatic heterocycles. The van der Waals surface area contributed by atoms with E-state index in [1.807, 2.05) is 19.2 Å². The van der Waals surface area contributed by atoms with Gasteiger partial charge >= 0.3 is 0 Å². The van der Waals surface area contributed by atoms with Crippen LogP contribution in [0.15, 0.2) is 12.1 Å². The van der Waals surface area contributed by atoms with Gasteiger partial charge in [0.15, 0.2) is 0 Å². The largest absolute Gasteiger partial charge is 0.320 e. The van der Waals surface area contributed by atoms with Crippen molar-refractivity contribution in [2.45, 2.75) is 26.3 Å². The van der Waals surface area contributed by atoms with Gasteiger partial charge in [0, 0.05) is 29.9 Å². The van der Waals surface area contributed by atoms with Crippen LogP contribution in [0.5, 0.6) is 0 Å². The quantitative estimate of drug-likeness (QED) is 0.674. The van der Waals surface area contributed by atoms with Gasteiger partial charge in [0.05, 0.1) is 0 Å². The lowest BCUT2D eigenvalue weighted by Crippen LogP contribution is -2.38. The molecule has 0 atom stereocenters. The standard InChI is InChI=1S/C12H23N3O2S2/c1-4-11-6-7-12(18-11)10-14-19(16,17)15(3)9-5-8-13-2/h6-7,13-14H,4-5,8-10H2,1-3H3. The van der Waals surface area contributed by atoms with Gasteiger partial charge in [-0.25, -0.2) is 0 Å². The van der Waals surface area contributed by atoms with Crippen LogP contribution in [0.1, 0.15) is 23.1 Å². The molecule has 0 bridgehead atoms. The van der Waals surface area contributed by atoms with Gasteiger partial charge in [-0.2, -0.15) is 17.4 Å². The van der Waals surface area contributed by atoms with Crippen molar-refractivity contribution in [1.29, 1.82) is 0 Å². The van der Waals surface area contributed by atoms with Crippen molar-refractivity contribution in [2.75, 3.05) is 27.2 Å². The Morgan fingerprint density at radius 1 is 1.32 bits per heavy atom. The smallest absolute Gasteiger partial charge is 0.279 e. The van der Waals surface area contributed by atoms with E-state index in [-0.39, 0.29) is 0 Å². The minimum atomic E-state index is -3.37. The number of hydrogen-bond donors (Lipinski definition) is 2. The maximum atomic E-state index is 12.0. The van der Waals surface area contributed by atoms with Crippen LogP contribution in [0.2, 0.25) is 0 Å². The van der Waals surface area contributed by atoms with E-state index in [9.17, 15) is 8.42 Å². The molecule has 2 N–H and O–H groups in total. The zero-order chi connectivity index (χ0) is 14.3. The third-order valence-electron chi connectivity index (χ3n) is 2.80. The molecule has 7 heteroatoms. The van der Waals surface area contributed by atoms with Crippen LogP contribution >= 0.6 is 11.3 Å². The second kappa shape index (κ2) is 7.96. The maximum Gasteiger partial charge on any atom is 0.279 e. The minimum Gasteiger partial charge on any atom is -0.320 e. The summed E-state index contributed by atoms with van der Waals surface area (Å²) in [7, 11) is 0.0829. The van der Waals surface area contributed by atoms with Crippen molar-refractivity contribution in [3.8, 4) is 0 Å². The van der Waals surface area contributed by atoms with Crippen LogP contribution in [0.25, 0.3) is 0 Å². The molecule has 19 heavy (non-hydrogen) atoms. The number of thiophene rings is 1. The van der Waals surface area contributed by atoms with Gasteiger partial charge in [-0.3, -0.25) is 0 Å². The van der Waals surface area contributed by atoms with Gasteiger partial charge in [0.1, 0.15) is 0 Å². The SMILES string of the molecule is CCc1ccc(CNS(=O)(=O)N(C)CCCNC)s1. The molecule has 0 saturated carbocycles. The van der Waals surface area contributed by atoms with E-state index in [1.165, 1.54) is 9.18 Å². The fourth-order valence-corrected chi connectivity index (χ4v) is 3.50. The number of hydrogen-bond acceptors (Lipinski definition) is 4. The predicted molar refractivity (Wildman–Crippen MR) is 80.6 cm³/mol. The summed E-state index contributed by atoms with van der Waals surface area (Å²) < 4.78 is 27.9. The highest BCUT2D eigenvalue weighted by molar-refractivity contribution is 7.87. The van der Waals surface area contributed by atoms with Crippen molar-refractivity contribution in [1.82, 2.24) is 14.3 Å². The molecular formula is C12H23N3O2S2. The van der Waals surface area contributed by atoms with Gasteiger partial charge in [-0.05, 0) is 38.6 Å². The summed E-state index contributed by atoms with van der Waals surface area (Å²) in [6.45, 7) is 3.78. The average Bonchev–Trinajstić information content (AvgIpc) is 2.84. The lowest BCUT2D eigenvalue weighted by Gasteiger charge is -2.17. The van der Waals surface area contributed by atoms with Crippen LogP contribution < -0.4 is 10.0 Å². The molecule has 0 fully saturated rings. The highest BCUT2D eigenvalue weighted by Gasteiger charge is 2.16. The molecule has 0 amide bonds. The Bertz CT molecular complexity index is 471. The first kappa shape index (κ1) is 16.6. The molecule has 0 saturated heterocycles. The zero-order valence-electron chi connectivity index (χ0n) is 11.8. The molecule has 0 unspecified atom stereocenters. The van der Waals surface area contributed by atoms with E-state index in [1.54, 1.807) is 18.4 Å². The Hall–Kier alpha value is -0.470. The number of aryl methyl sites for hydroxylation is 1. The lowest BCUT2D eigenvalue weighted by molar-refractivity contribution is 0.448. The molecule has 5 nitrogen and oxygen atoms in total. The van der Waals surface area contributed by atoms with Gasteiger partial charge in [0.2, 0.25) is 0 Å². The van der Waals surface area contributed by atoms with Gasteiger partial charge in [-0.15, -0.1) is 11.3 Å². The van der Waals surface area contributed by atoms with Crippen molar-refractivity contribution < 1.29 is 8.42 Å². The summed E-state index contributed by atoms with van der Waals surface area (Å²) in [6.07, 6.45) is 1.79. The van der Waals surface area contributed by atoms with Gasteiger partial charge in [-0.1, -0.05) is 6.92 Å². The fraction of sp³-hybridized carbons (Fsp3) is 0.667. The Balaban J connectivity index is 2.45. The first-order valence-corrected chi connectivity index (χ1v) is 8.68. The van der Waals surface area contributed by atoms with Crippen molar-refractivity contribution in [3.63, 3.8) is 0 Å². The number of rotatable bonds is 9. The summed E-state index contributed by atoms with van der Waals surface area (Å²) >= 11 is 1.65. The van der Waals surface area contributed by atoms with Crippen molar-refractivity contribution >= 4 is 21.5 Å². The second-order valence-corrected chi connectivity index (χ2v) is 7.44. The fourth-order valence-electron chi connectivity index (χ4n) is 1.58. The zero-order valence-corrected chi connectivity index (χ0v) is 13.4. The summed E-state index contributed by atoms with van der Waals surface area (Å²) in [6, 6.07) is 4.03. The summed E-state index contributed by atoms with van der Waals surface area (Å²) in [5.74, 6) is 0. The molecule has 0 radical (unpaired) electrons. The van der Waals surface area contributed by atoms with Crippen LogP contribution in [0, 0.1) is 0 Å². The van der Waals surface area contributed by atoms with Crippen LogP contribution in [-0.4, -0.2) is 39.9 Å². The molecule has 0 spiro atoms. The first-order valence-electron chi connectivity index (χ1n) is 6.42. The highest BCUT2D eigenvalue weighted by Crippen LogP contribution is 2.16. The van der Waals surface area contributed by atoms with Gasteiger partial charge in [0.25, 0.3) is 10.2 Å². The van der Waals surface area contributed by atoms with E-state index in [4.69, 9.17) is 0 Å². The minimum absolute atomic E-state index is 0.364. The third kappa shape index (κ3) is 5.58. The molecule has 0 aliphatic carbocycles. The molecule has 1 aromatic rings. The second-order valence-electron chi connectivity index (χ2n) is 4.33. The summed E-state index contributed by atoms with van der Waals surface area (Å²) in [5, 5.41) is 3.00. The summed E-state index contributed by atoms with van der Waals surface area (Å²) in [5.41, 5.74) is 0. The average molecular weight is 305 g/mol. The summed E-state index contributed by atoms with van der Waals surface area (Å²) in [4.78, 5) is 2.32. The van der Waals surface area contributed by atoms with Crippen molar-refractivity contribution in [2.24, 2.45) is 0 Å². The van der Waals surface area contributed by atoms with Crippen molar-refractivity contribution in [3.05, 3.63) is 21.9 Å². The highest BCUT2D eigenvalue weighted by atomic mass is 32.2. The Morgan fingerprint density at radius 2 is 2.00 bits per heavy atom. The maximum absolute atomic E-state index is 12.0. The van der Waals surface area contributed by atoms with E-state index in [0.717, 1.165) is 24.3 Å². The predicted octanol–water partition coefficient (Wildman–Crippen LogP) is 1.19. The van der Waals surface area contributed by atoms with E-state index in [0.29, 0.717) is 13.1 Å². The Kier molecular flexibility index (Phi) is 6.95. The molecule has 0 aliphatic rings. The molecule has 110 valence electrons. The van der Waals surface area contributed by atoms with E-state index < -0.39 is 10.2 Å². The molecular weight excluding hydrogens is 282 g/mol. The van der Waals surface area contributed by atoms with E-state index >= 15 is 0 Å². The van der Waals surface area contributed by atoms with Gasteiger partial charge < -0.3 is 5.32 Å². The number of nitrogens with one attached hydrogen (secondary N) is 2. The van der Waals surface area contributed by atoms with Crippen LogP contribution in [0.4, 0.5) is 0 Å². The Labute approximate surface area is 120 Å². The topological polar surface area (TPSA) is 61.4 Å².